The van der Waals surface area contributed by atoms with Gasteiger partial charge in [0.1, 0.15) is 11.7 Å². The van der Waals surface area contributed by atoms with Gasteiger partial charge in [-0.15, -0.1) is 0 Å². The number of amides is 1. The van der Waals surface area contributed by atoms with Crippen LogP contribution in [0.15, 0.2) is 59.4 Å². The molecular formula is C24H27N3O2. The SMILES string of the molecule is CCCCCNC(=O)C(C1CC1)n1c(=O)c(-c2ccccc2)nc2ccccc21. The van der Waals surface area contributed by atoms with E-state index in [0.717, 1.165) is 48.7 Å². The number of hydrogen-bond donors (Lipinski definition) is 1. The minimum Gasteiger partial charge on any atom is -0.354 e. The Hall–Kier alpha value is -2.95. The van der Waals surface area contributed by atoms with Crippen molar-refractivity contribution >= 4 is 16.9 Å². The summed E-state index contributed by atoms with van der Waals surface area (Å²) in [6, 6.07) is 16.6. The minimum atomic E-state index is -0.487. The Balaban J connectivity index is 1.81. The van der Waals surface area contributed by atoms with Crippen LogP contribution < -0.4 is 10.9 Å². The predicted molar refractivity (Wildman–Crippen MR) is 116 cm³/mol. The predicted octanol–water partition coefficient (Wildman–Crippen LogP) is 4.32. The van der Waals surface area contributed by atoms with Gasteiger partial charge in [-0.3, -0.25) is 14.2 Å². The van der Waals surface area contributed by atoms with Gasteiger partial charge in [-0.1, -0.05) is 62.2 Å². The molecule has 5 heteroatoms. The van der Waals surface area contributed by atoms with E-state index < -0.39 is 6.04 Å². The number of hydrogen-bond acceptors (Lipinski definition) is 3. The van der Waals surface area contributed by atoms with Gasteiger partial charge in [-0.25, -0.2) is 4.98 Å². The summed E-state index contributed by atoms with van der Waals surface area (Å²) in [4.78, 5) is 31.3. The van der Waals surface area contributed by atoms with Crippen LogP contribution >= 0.6 is 0 Å². The number of nitrogens with zero attached hydrogens (tertiary/aromatic N) is 2. The molecule has 1 aliphatic rings. The molecular weight excluding hydrogens is 362 g/mol. The molecule has 1 saturated carbocycles. The third kappa shape index (κ3) is 4.09. The number of benzene rings is 2. The molecule has 1 N–H and O–H groups in total. The molecule has 1 unspecified atom stereocenters. The van der Waals surface area contributed by atoms with Gasteiger partial charge in [0.2, 0.25) is 5.91 Å². The Kier molecular flexibility index (Phi) is 5.74. The van der Waals surface area contributed by atoms with Gasteiger partial charge in [0.05, 0.1) is 11.0 Å². The standard InChI is InChI=1S/C24H27N3O2/c1-2-3-9-16-25-23(28)22(18-14-15-18)27-20-13-8-7-12-19(20)26-21(24(27)29)17-10-5-4-6-11-17/h4-8,10-13,18,22H,2-3,9,14-16H2,1H3,(H,25,28). The summed E-state index contributed by atoms with van der Waals surface area (Å²) >= 11 is 0. The van der Waals surface area contributed by atoms with Crippen molar-refractivity contribution in [3.8, 4) is 11.3 Å². The summed E-state index contributed by atoms with van der Waals surface area (Å²) in [5, 5.41) is 3.07. The average Bonchev–Trinajstić information content (AvgIpc) is 3.58. The van der Waals surface area contributed by atoms with E-state index in [0.29, 0.717) is 12.2 Å². The molecule has 1 aromatic heterocycles. The van der Waals surface area contributed by atoms with E-state index in [4.69, 9.17) is 0 Å². The van der Waals surface area contributed by atoms with E-state index in [2.05, 4.69) is 17.2 Å². The lowest BCUT2D eigenvalue weighted by Gasteiger charge is -2.22. The summed E-state index contributed by atoms with van der Waals surface area (Å²) in [6.45, 7) is 2.79. The van der Waals surface area contributed by atoms with Gasteiger partial charge in [0, 0.05) is 12.1 Å². The Morgan fingerprint density at radius 3 is 2.55 bits per heavy atom. The van der Waals surface area contributed by atoms with E-state index in [1.807, 2.05) is 54.6 Å². The molecule has 29 heavy (non-hydrogen) atoms. The number of rotatable bonds is 8. The number of nitrogens with one attached hydrogen (secondary N) is 1. The Morgan fingerprint density at radius 2 is 1.83 bits per heavy atom. The zero-order chi connectivity index (χ0) is 20.2. The zero-order valence-electron chi connectivity index (χ0n) is 16.8. The second-order valence-corrected chi connectivity index (χ2v) is 7.77. The van der Waals surface area contributed by atoms with Gasteiger partial charge in [-0.2, -0.15) is 0 Å². The van der Waals surface area contributed by atoms with Crippen molar-refractivity contribution in [3.63, 3.8) is 0 Å². The minimum absolute atomic E-state index is 0.0546. The maximum atomic E-state index is 13.6. The molecule has 0 aliphatic heterocycles. The summed E-state index contributed by atoms with van der Waals surface area (Å²) < 4.78 is 1.69. The first-order chi connectivity index (χ1) is 14.2. The highest BCUT2D eigenvalue weighted by molar-refractivity contribution is 5.85. The van der Waals surface area contributed by atoms with Crippen molar-refractivity contribution in [2.45, 2.75) is 45.1 Å². The second kappa shape index (κ2) is 8.60. The van der Waals surface area contributed by atoms with Crippen molar-refractivity contribution in [2.75, 3.05) is 6.54 Å². The highest BCUT2D eigenvalue weighted by Crippen LogP contribution is 2.40. The fraction of sp³-hybridized carbons (Fsp3) is 0.375. The molecule has 150 valence electrons. The number of unbranched alkanes of at least 4 members (excludes halogenated alkanes) is 2. The first kappa shape index (κ1) is 19.4. The molecule has 0 spiro atoms. The Morgan fingerprint density at radius 1 is 1.10 bits per heavy atom. The van der Waals surface area contributed by atoms with Crippen LogP contribution in [0.1, 0.15) is 45.1 Å². The molecule has 1 amide bonds. The van der Waals surface area contributed by atoms with Crippen molar-refractivity contribution < 1.29 is 4.79 Å². The lowest BCUT2D eigenvalue weighted by Crippen LogP contribution is -2.39. The van der Waals surface area contributed by atoms with Gasteiger partial charge in [0.25, 0.3) is 5.56 Å². The third-order valence-electron chi connectivity index (χ3n) is 5.54. The number of fused-ring (bicyclic) bond motifs is 1. The van der Waals surface area contributed by atoms with Crippen LogP contribution in [0.4, 0.5) is 0 Å². The van der Waals surface area contributed by atoms with E-state index in [1.165, 1.54) is 0 Å². The molecule has 0 bridgehead atoms. The van der Waals surface area contributed by atoms with Crippen molar-refractivity contribution in [1.29, 1.82) is 0 Å². The number of para-hydroxylation sites is 2. The molecule has 3 aromatic rings. The molecule has 5 nitrogen and oxygen atoms in total. The van der Waals surface area contributed by atoms with Crippen LogP contribution in [-0.2, 0) is 4.79 Å². The molecule has 1 heterocycles. The first-order valence-corrected chi connectivity index (χ1v) is 10.5. The van der Waals surface area contributed by atoms with Crippen molar-refractivity contribution in [3.05, 3.63) is 65.0 Å². The first-order valence-electron chi connectivity index (χ1n) is 10.5. The van der Waals surface area contributed by atoms with E-state index in [1.54, 1.807) is 4.57 Å². The monoisotopic (exact) mass is 389 g/mol. The molecule has 1 fully saturated rings. The zero-order valence-corrected chi connectivity index (χ0v) is 16.8. The Bertz CT molecular complexity index is 1050. The van der Waals surface area contributed by atoms with Gasteiger partial charge < -0.3 is 5.32 Å². The van der Waals surface area contributed by atoms with E-state index in [-0.39, 0.29) is 17.4 Å². The van der Waals surface area contributed by atoms with E-state index >= 15 is 0 Å². The van der Waals surface area contributed by atoms with Gasteiger partial charge >= 0.3 is 0 Å². The molecule has 2 aromatic carbocycles. The maximum absolute atomic E-state index is 13.6. The average molecular weight is 389 g/mol. The topological polar surface area (TPSA) is 64.0 Å². The smallest absolute Gasteiger partial charge is 0.278 e. The Labute approximate surface area is 170 Å². The lowest BCUT2D eigenvalue weighted by atomic mass is 10.1. The third-order valence-corrected chi connectivity index (χ3v) is 5.54. The fourth-order valence-electron chi connectivity index (χ4n) is 3.86. The molecule has 0 saturated heterocycles. The van der Waals surface area contributed by atoms with E-state index in [9.17, 15) is 9.59 Å². The van der Waals surface area contributed by atoms with Gasteiger partial charge in [-0.05, 0) is 37.3 Å². The molecule has 1 aliphatic carbocycles. The molecule has 0 radical (unpaired) electrons. The summed E-state index contributed by atoms with van der Waals surface area (Å²) in [6.07, 6.45) is 5.09. The van der Waals surface area contributed by atoms with Crippen molar-refractivity contribution in [2.24, 2.45) is 5.92 Å². The maximum Gasteiger partial charge on any atom is 0.278 e. The number of carbonyl (C=O) groups is 1. The summed E-state index contributed by atoms with van der Waals surface area (Å²) in [7, 11) is 0. The van der Waals surface area contributed by atoms with Crippen molar-refractivity contribution in [1.82, 2.24) is 14.9 Å². The molecule has 1 atom stereocenters. The highest BCUT2D eigenvalue weighted by atomic mass is 16.2. The lowest BCUT2D eigenvalue weighted by molar-refractivity contribution is -0.124. The second-order valence-electron chi connectivity index (χ2n) is 7.77. The number of carbonyl (C=O) groups excluding carboxylic acids is 1. The normalized spacial score (nSPS) is 14.7. The number of aromatic nitrogens is 2. The largest absolute Gasteiger partial charge is 0.354 e. The summed E-state index contributed by atoms with van der Waals surface area (Å²) in [5.74, 6) is 0.148. The highest BCUT2D eigenvalue weighted by Gasteiger charge is 2.39. The summed E-state index contributed by atoms with van der Waals surface area (Å²) in [5.41, 5.74) is 2.42. The van der Waals surface area contributed by atoms with Crippen LogP contribution in [-0.4, -0.2) is 22.0 Å². The van der Waals surface area contributed by atoms with Crippen LogP contribution in [0, 0.1) is 5.92 Å². The van der Waals surface area contributed by atoms with Crippen LogP contribution in [0.25, 0.3) is 22.3 Å². The van der Waals surface area contributed by atoms with Crippen LogP contribution in [0.5, 0.6) is 0 Å². The van der Waals surface area contributed by atoms with Crippen LogP contribution in [0.3, 0.4) is 0 Å². The van der Waals surface area contributed by atoms with Gasteiger partial charge in [0.15, 0.2) is 0 Å². The van der Waals surface area contributed by atoms with Crippen LogP contribution in [0.2, 0.25) is 0 Å². The fourth-order valence-corrected chi connectivity index (χ4v) is 3.86. The molecule has 4 rings (SSSR count). The quantitative estimate of drug-likeness (QED) is 0.584.